The molecule has 0 aliphatic carbocycles. The van der Waals surface area contributed by atoms with E-state index in [9.17, 15) is 0 Å². The van der Waals surface area contributed by atoms with Crippen molar-refractivity contribution in [2.24, 2.45) is 0 Å². The Labute approximate surface area is 380 Å². The quantitative estimate of drug-likeness (QED) is 0.0598. The maximum atomic E-state index is 6.16. The molecule has 0 fully saturated rings. The molecule has 318 valence electrons. The fraction of sp³-hybridized carbons (Fsp3) is 0.333. The molecule has 7 heteroatoms. The van der Waals surface area contributed by atoms with E-state index in [0.717, 1.165) is 93.6 Å². The summed E-state index contributed by atoms with van der Waals surface area (Å²) >= 11 is 7.35. The van der Waals surface area contributed by atoms with Gasteiger partial charge in [-0.1, -0.05) is 110 Å². The molecule has 1 aromatic heterocycles. The number of aryl methyl sites for hydroxylation is 1. The molecule has 0 atom stereocenters. The van der Waals surface area contributed by atoms with Crippen LogP contribution in [0.1, 0.15) is 97.8 Å². The number of anilines is 6. The number of unbranched alkanes of at least 4 members (excludes halogenated alkanes) is 9. The van der Waals surface area contributed by atoms with Crippen LogP contribution in [0.4, 0.5) is 34.1 Å². The number of aromatic nitrogens is 1. The predicted octanol–water partition coefficient (Wildman–Crippen LogP) is 17.8. The number of fused-ring (bicyclic) bond motifs is 3. The van der Waals surface area contributed by atoms with Crippen molar-refractivity contribution in [1.29, 1.82) is 0 Å². The monoisotopic (exact) mass is 941 g/mol. The van der Waals surface area contributed by atoms with Crippen LogP contribution < -0.4 is 19.3 Å². The van der Waals surface area contributed by atoms with Gasteiger partial charge in [0.15, 0.2) is 0 Å². The van der Waals surface area contributed by atoms with Gasteiger partial charge < -0.3 is 23.8 Å². The van der Waals surface area contributed by atoms with Gasteiger partial charge in [0.1, 0.15) is 11.5 Å². The molecule has 0 unspecified atom stereocenters. The highest BCUT2D eigenvalue weighted by Crippen LogP contribution is 2.43. The summed E-state index contributed by atoms with van der Waals surface area (Å²) in [5.41, 5.74) is 9.07. The number of ether oxygens (including phenoxy) is 2. The van der Waals surface area contributed by atoms with Crippen LogP contribution in [0, 0.1) is 0 Å². The van der Waals surface area contributed by atoms with Gasteiger partial charge in [0.05, 0.1) is 13.2 Å². The van der Waals surface area contributed by atoms with Crippen LogP contribution in [0.15, 0.2) is 142 Å². The molecular formula is C54H61Br2N3O2. The summed E-state index contributed by atoms with van der Waals surface area (Å²) in [5.74, 6) is 1.81. The Morgan fingerprint density at radius 3 is 1.11 bits per heavy atom. The summed E-state index contributed by atoms with van der Waals surface area (Å²) in [6, 6.07) is 48.4. The van der Waals surface area contributed by atoms with E-state index in [1.54, 1.807) is 0 Å². The second-order valence-electron chi connectivity index (χ2n) is 16.0. The standard InChI is InChI=1S/C54H61Br2N3O2/c1-4-7-10-13-36-57-53-34-28-47(58(43-20-16-41(55)17-21-43)45-24-30-49(31-25-45)60-37-14-11-8-5-2)39-51(53)52-40-48(29-35-54(52)57)59(44-22-18-42(56)19-23-44)46-26-32-50(33-27-46)61-38-15-12-9-6-3/h16-35,39-40H,4-15,36-38H2,1-3H3. The summed E-state index contributed by atoms with van der Waals surface area (Å²) in [6.45, 7) is 9.23. The molecule has 7 aromatic rings. The molecule has 0 spiro atoms. The molecule has 0 bridgehead atoms. The molecule has 61 heavy (non-hydrogen) atoms. The third kappa shape index (κ3) is 11.4. The highest BCUT2D eigenvalue weighted by molar-refractivity contribution is 9.10. The van der Waals surface area contributed by atoms with Crippen molar-refractivity contribution >= 4 is 87.8 Å². The zero-order valence-corrected chi connectivity index (χ0v) is 39.4. The summed E-state index contributed by atoms with van der Waals surface area (Å²) in [6.07, 6.45) is 14.3. The maximum absolute atomic E-state index is 6.16. The Bertz CT molecular complexity index is 2240. The zero-order chi connectivity index (χ0) is 42.4. The van der Waals surface area contributed by atoms with Crippen LogP contribution in [0.2, 0.25) is 0 Å². The molecule has 0 saturated heterocycles. The number of halogens is 2. The summed E-state index contributed by atoms with van der Waals surface area (Å²) in [4.78, 5) is 4.71. The predicted molar refractivity (Wildman–Crippen MR) is 268 cm³/mol. The van der Waals surface area contributed by atoms with E-state index < -0.39 is 0 Å². The number of hydrogen-bond acceptors (Lipinski definition) is 4. The fourth-order valence-corrected chi connectivity index (χ4v) is 8.72. The van der Waals surface area contributed by atoms with Gasteiger partial charge in [-0.05, 0) is 153 Å². The van der Waals surface area contributed by atoms with Crippen LogP contribution in [-0.4, -0.2) is 17.8 Å². The molecule has 0 aliphatic heterocycles. The third-order valence-corrected chi connectivity index (χ3v) is 12.5. The van der Waals surface area contributed by atoms with E-state index >= 15 is 0 Å². The molecule has 0 N–H and O–H groups in total. The second kappa shape index (κ2) is 22.4. The van der Waals surface area contributed by atoms with E-state index in [4.69, 9.17) is 9.47 Å². The Morgan fingerprint density at radius 2 is 0.738 bits per heavy atom. The van der Waals surface area contributed by atoms with Crippen molar-refractivity contribution in [3.05, 3.63) is 142 Å². The summed E-state index contributed by atoms with van der Waals surface area (Å²) in [5, 5.41) is 2.48. The van der Waals surface area contributed by atoms with E-state index in [1.807, 2.05) is 0 Å². The average Bonchev–Trinajstić information content (AvgIpc) is 3.59. The Morgan fingerprint density at radius 1 is 0.393 bits per heavy atom. The number of benzene rings is 6. The third-order valence-electron chi connectivity index (χ3n) is 11.5. The van der Waals surface area contributed by atoms with Crippen molar-refractivity contribution < 1.29 is 9.47 Å². The van der Waals surface area contributed by atoms with Gasteiger partial charge in [-0.25, -0.2) is 0 Å². The highest BCUT2D eigenvalue weighted by Gasteiger charge is 2.20. The van der Waals surface area contributed by atoms with E-state index in [2.05, 4.69) is 200 Å². The minimum Gasteiger partial charge on any atom is -0.494 e. The van der Waals surface area contributed by atoms with Gasteiger partial charge in [0.25, 0.3) is 0 Å². The lowest BCUT2D eigenvalue weighted by Gasteiger charge is -2.26. The van der Waals surface area contributed by atoms with Crippen molar-refractivity contribution in [3.8, 4) is 11.5 Å². The van der Waals surface area contributed by atoms with Crippen molar-refractivity contribution in [3.63, 3.8) is 0 Å². The van der Waals surface area contributed by atoms with Crippen LogP contribution in [-0.2, 0) is 6.54 Å². The molecule has 0 radical (unpaired) electrons. The summed E-state index contributed by atoms with van der Waals surface area (Å²) < 4.78 is 17.0. The van der Waals surface area contributed by atoms with Gasteiger partial charge in [0, 0.05) is 71.4 Å². The van der Waals surface area contributed by atoms with Gasteiger partial charge in [-0.3, -0.25) is 0 Å². The van der Waals surface area contributed by atoms with Gasteiger partial charge >= 0.3 is 0 Å². The topological polar surface area (TPSA) is 29.9 Å². The van der Waals surface area contributed by atoms with E-state index in [-0.39, 0.29) is 0 Å². The average molecular weight is 944 g/mol. The maximum Gasteiger partial charge on any atom is 0.119 e. The van der Waals surface area contributed by atoms with E-state index in [0.29, 0.717) is 0 Å². The summed E-state index contributed by atoms with van der Waals surface area (Å²) in [7, 11) is 0. The SMILES string of the molecule is CCCCCCOc1ccc(N(c2ccc(Br)cc2)c2ccc3c(c2)c2cc(N(c4ccc(Br)cc4)c4ccc(OCCCCCC)cc4)ccc2n3CCCCCC)cc1. The molecule has 5 nitrogen and oxygen atoms in total. The van der Waals surface area contributed by atoms with Crippen molar-refractivity contribution in [2.75, 3.05) is 23.0 Å². The lowest BCUT2D eigenvalue weighted by Crippen LogP contribution is -2.10. The zero-order valence-electron chi connectivity index (χ0n) is 36.2. The largest absolute Gasteiger partial charge is 0.494 e. The fourth-order valence-electron chi connectivity index (χ4n) is 8.19. The lowest BCUT2D eigenvalue weighted by molar-refractivity contribution is 0.305. The van der Waals surface area contributed by atoms with Gasteiger partial charge in [-0.15, -0.1) is 0 Å². The van der Waals surface area contributed by atoms with Gasteiger partial charge in [0.2, 0.25) is 0 Å². The van der Waals surface area contributed by atoms with Crippen LogP contribution >= 0.6 is 31.9 Å². The first-order chi connectivity index (χ1) is 30.0. The van der Waals surface area contributed by atoms with Crippen LogP contribution in [0.25, 0.3) is 21.8 Å². The number of nitrogens with zero attached hydrogens (tertiary/aromatic N) is 3. The molecule has 0 aliphatic rings. The van der Waals surface area contributed by atoms with Gasteiger partial charge in [-0.2, -0.15) is 0 Å². The molecule has 7 rings (SSSR count). The van der Waals surface area contributed by atoms with Crippen molar-refractivity contribution in [2.45, 2.75) is 104 Å². The minimum absolute atomic E-state index is 0.745. The first kappa shape index (κ1) is 44.3. The first-order valence-corrected chi connectivity index (χ1v) is 24.2. The smallest absolute Gasteiger partial charge is 0.119 e. The number of rotatable bonds is 23. The molecule has 1 heterocycles. The molecular weight excluding hydrogens is 882 g/mol. The van der Waals surface area contributed by atoms with E-state index in [1.165, 1.54) is 79.6 Å². The minimum atomic E-state index is 0.745. The second-order valence-corrected chi connectivity index (χ2v) is 17.9. The Kier molecular flexibility index (Phi) is 16.3. The highest BCUT2D eigenvalue weighted by atomic mass is 79.9. The molecule has 6 aromatic carbocycles. The Hall–Kier alpha value is -4.72. The molecule has 0 amide bonds. The first-order valence-electron chi connectivity index (χ1n) is 22.6. The van der Waals surface area contributed by atoms with Crippen molar-refractivity contribution in [1.82, 2.24) is 4.57 Å². The number of hydrogen-bond donors (Lipinski definition) is 0. The normalized spacial score (nSPS) is 11.4. The lowest BCUT2D eigenvalue weighted by atomic mass is 10.1. The Balaban J connectivity index is 1.30. The molecule has 0 saturated carbocycles. The van der Waals surface area contributed by atoms with Crippen LogP contribution in [0.3, 0.4) is 0 Å². The van der Waals surface area contributed by atoms with Crippen LogP contribution in [0.5, 0.6) is 11.5 Å².